The summed E-state index contributed by atoms with van der Waals surface area (Å²) in [6.45, 7) is 2.49. The normalized spacial score (nSPS) is 23.5. The molecule has 1 amide bonds. The standard InChI is InChI=1S/C12H14N2O3/c15-12-7-17-10-2-1-8(5-9(10)14-12)11-6-13-3-4-16-11/h1-2,5,11,13H,3-4,6-7H2,(H,14,15). The van der Waals surface area contributed by atoms with Gasteiger partial charge in [0.25, 0.3) is 5.91 Å². The summed E-state index contributed by atoms with van der Waals surface area (Å²) >= 11 is 0. The number of nitrogens with one attached hydrogen (secondary N) is 2. The van der Waals surface area contributed by atoms with Crippen LogP contribution in [0.4, 0.5) is 5.69 Å². The Balaban J connectivity index is 1.86. The maximum atomic E-state index is 11.2. The van der Waals surface area contributed by atoms with Gasteiger partial charge in [0.2, 0.25) is 0 Å². The van der Waals surface area contributed by atoms with Crippen LogP contribution in [0, 0.1) is 0 Å². The monoisotopic (exact) mass is 234 g/mol. The summed E-state index contributed by atoms with van der Waals surface area (Å²) in [7, 11) is 0. The molecule has 0 aromatic heterocycles. The third-order valence-electron chi connectivity index (χ3n) is 2.94. The van der Waals surface area contributed by atoms with E-state index in [1.807, 2.05) is 18.2 Å². The molecule has 90 valence electrons. The molecule has 1 aromatic rings. The van der Waals surface area contributed by atoms with E-state index in [-0.39, 0.29) is 18.6 Å². The Labute approximate surface area is 99.1 Å². The minimum Gasteiger partial charge on any atom is -0.482 e. The van der Waals surface area contributed by atoms with E-state index in [0.717, 1.165) is 30.1 Å². The molecule has 5 heteroatoms. The lowest BCUT2D eigenvalue weighted by molar-refractivity contribution is -0.118. The summed E-state index contributed by atoms with van der Waals surface area (Å²) < 4.78 is 11.0. The lowest BCUT2D eigenvalue weighted by Gasteiger charge is -2.25. The number of morpholine rings is 1. The molecule has 0 spiro atoms. The molecule has 2 heterocycles. The molecule has 2 N–H and O–H groups in total. The van der Waals surface area contributed by atoms with Gasteiger partial charge in [0.15, 0.2) is 6.61 Å². The lowest BCUT2D eigenvalue weighted by atomic mass is 10.1. The Morgan fingerprint density at radius 2 is 2.29 bits per heavy atom. The average Bonchev–Trinajstić information content (AvgIpc) is 2.39. The number of hydrogen-bond acceptors (Lipinski definition) is 4. The van der Waals surface area contributed by atoms with Gasteiger partial charge in [-0.2, -0.15) is 0 Å². The highest BCUT2D eigenvalue weighted by atomic mass is 16.5. The highest BCUT2D eigenvalue weighted by molar-refractivity contribution is 5.95. The minimum atomic E-state index is -0.114. The maximum absolute atomic E-state index is 11.2. The van der Waals surface area contributed by atoms with Gasteiger partial charge in [0, 0.05) is 13.1 Å². The first-order valence-corrected chi connectivity index (χ1v) is 5.72. The summed E-state index contributed by atoms with van der Waals surface area (Å²) in [5, 5.41) is 6.08. The molecule has 0 aliphatic carbocycles. The van der Waals surface area contributed by atoms with Crippen LogP contribution >= 0.6 is 0 Å². The van der Waals surface area contributed by atoms with Crippen LogP contribution in [0.1, 0.15) is 11.7 Å². The Bertz CT molecular complexity index is 441. The zero-order valence-corrected chi connectivity index (χ0v) is 9.36. The Morgan fingerprint density at radius 3 is 3.12 bits per heavy atom. The molecule has 1 aromatic carbocycles. The second-order valence-electron chi connectivity index (χ2n) is 4.16. The van der Waals surface area contributed by atoms with Gasteiger partial charge in [-0.1, -0.05) is 6.07 Å². The Hall–Kier alpha value is -1.59. The van der Waals surface area contributed by atoms with Crippen LogP contribution in [-0.4, -0.2) is 32.2 Å². The molecule has 0 saturated carbocycles. The summed E-state index contributed by atoms with van der Waals surface area (Å²) in [6, 6.07) is 5.78. The largest absolute Gasteiger partial charge is 0.482 e. The summed E-state index contributed by atoms with van der Waals surface area (Å²) in [6.07, 6.45) is 0.0490. The third-order valence-corrected chi connectivity index (χ3v) is 2.94. The van der Waals surface area contributed by atoms with Crippen LogP contribution in [0.15, 0.2) is 18.2 Å². The summed E-state index contributed by atoms with van der Waals surface area (Å²) in [5.74, 6) is 0.606. The van der Waals surface area contributed by atoms with Gasteiger partial charge in [-0.15, -0.1) is 0 Å². The van der Waals surface area contributed by atoms with Crippen molar-refractivity contribution >= 4 is 11.6 Å². The van der Waals surface area contributed by atoms with Gasteiger partial charge in [-0.25, -0.2) is 0 Å². The second kappa shape index (κ2) is 4.35. The van der Waals surface area contributed by atoms with Gasteiger partial charge >= 0.3 is 0 Å². The van der Waals surface area contributed by atoms with Crippen molar-refractivity contribution in [1.82, 2.24) is 5.32 Å². The number of rotatable bonds is 1. The highest BCUT2D eigenvalue weighted by Gasteiger charge is 2.20. The van der Waals surface area contributed by atoms with E-state index in [4.69, 9.17) is 9.47 Å². The van der Waals surface area contributed by atoms with Crippen molar-refractivity contribution in [2.45, 2.75) is 6.10 Å². The number of hydrogen-bond donors (Lipinski definition) is 2. The number of fused-ring (bicyclic) bond motifs is 1. The molecule has 2 aliphatic heterocycles. The van der Waals surface area contributed by atoms with Crippen LogP contribution in [-0.2, 0) is 9.53 Å². The molecular weight excluding hydrogens is 220 g/mol. The van der Waals surface area contributed by atoms with E-state index in [0.29, 0.717) is 6.61 Å². The fraction of sp³-hybridized carbons (Fsp3) is 0.417. The maximum Gasteiger partial charge on any atom is 0.262 e. The van der Waals surface area contributed by atoms with Gasteiger partial charge in [0.05, 0.1) is 18.4 Å². The molecular formula is C12H14N2O3. The van der Waals surface area contributed by atoms with E-state index in [9.17, 15) is 4.79 Å². The van der Waals surface area contributed by atoms with E-state index >= 15 is 0 Å². The molecule has 3 rings (SSSR count). The van der Waals surface area contributed by atoms with Crippen molar-refractivity contribution in [2.24, 2.45) is 0 Å². The average molecular weight is 234 g/mol. The number of ether oxygens (including phenoxy) is 2. The Morgan fingerprint density at radius 1 is 1.35 bits per heavy atom. The minimum absolute atomic E-state index is 0.0490. The predicted molar refractivity (Wildman–Crippen MR) is 62.1 cm³/mol. The van der Waals surface area contributed by atoms with Crippen LogP contribution in [0.5, 0.6) is 5.75 Å². The first-order valence-electron chi connectivity index (χ1n) is 5.72. The van der Waals surface area contributed by atoms with E-state index in [2.05, 4.69) is 10.6 Å². The second-order valence-corrected chi connectivity index (χ2v) is 4.16. The van der Waals surface area contributed by atoms with E-state index < -0.39 is 0 Å². The first kappa shape index (κ1) is 10.6. The lowest BCUT2D eigenvalue weighted by Crippen LogP contribution is -2.33. The van der Waals surface area contributed by atoms with Crippen molar-refractivity contribution in [3.63, 3.8) is 0 Å². The SMILES string of the molecule is O=C1COc2ccc(C3CNCCO3)cc2N1. The van der Waals surface area contributed by atoms with E-state index in [1.165, 1.54) is 0 Å². The molecule has 5 nitrogen and oxygen atoms in total. The zero-order valence-electron chi connectivity index (χ0n) is 9.36. The molecule has 2 aliphatic rings. The molecule has 17 heavy (non-hydrogen) atoms. The third kappa shape index (κ3) is 2.11. The number of carbonyl (C=O) groups excluding carboxylic acids is 1. The van der Waals surface area contributed by atoms with Crippen LogP contribution in [0.2, 0.25) is 0 Å². The van der Waals surface area contributed by atoms with Crippen molar-refractivity contribution < 1.29 is 14.3 Å². The number of anilines is 1. The van der Waals surface area contributed by atoms with Crippen LogP contribution in [0.25, 0.3) is 0 Å². The fourth-order valence-corrected chi connectivity index (χ4v) is 2.08. The zero-order chi connectivity index (χ0) is 11.7. The van der Waals surface area contributed by atoms with Crippen molar-refractivity contribution in [3.05, 3.63) is 23.8 Å². The number of carbonyl (C=O) groups is 1. The Kier molecular flexibility index (Phi) is 2.70. The molecule has 1 saturated heterocycles. The fourth-order valence-electron chi connectivity index (χ4n) is 2.08. The number of benzene rings is 1. The molecule has 1 fully saturated rings. The summed E-state index contributed by atoms with van der Waals surface area (Å²) in [5.41, 5.74) is 1.79. The molecule has 0 radical (unpaired) electrons. The van der Waals surface area contributed by atoms with Gasteiger partial charge in [-0.3, -0.25) is 4.79 Å². The van der Waals surface area contributed by atoms with Gasteiger partial charge < -0.3 is 20.1 Å². The van der Waals surface area contributed by atoms with Gasteiger partial charge in [0.1, 0.15) is 5.75 Å². The van der Waals surface area contributed by atoms with Crippen molar-refractivity contribution in [2.75, 3.05) is 31.6 Å². The van der Waals surface area contributed by atoms with Crippen LogP contribution in [0.3, 0.4) is 0 Å². The van der Waals surface area contributed by atoms with Crippen LogP contribution < -0.4 is 15.4 Å². The topological polar surface area (TPSA) is 59.6 Å². The highest BCUT2D eigenvalue weighted by Crippen LogP contribution is 2.31. The molecule has 0 bridgehead atoms. The first-order chi connectivity index (χ1) is 8.33. The summed E-state index contributed by atoms with van der Waals surface area (Å²) in [4.78, 5) is 11.2. The molecule has 1 atom stereocenters. The van der Waals surface area contributed by atoms with E-state index in [1.54, 1.807) is 0 Å². The predicted octanol–water partition coefficient (Wildman–Crippen LogP) is 0.678. The smallest absolute Gasteiger partial charge is 0.262 e. The van der Waals surface area contributed by atoms with Gasteiger partial charge in [-0.05, 0) is 17.7 Å². The number of amides is 1. The molecule has 1 unspecified atom stereocenters. The van der Waals surface area contributed by atoms with Crippen molar-refractivity contribution in [1.29, 1.82) is 0 Å². The quantitative estimate of drug-likeness (QED) is 0.750. The van der Waals surface area contributed by atoms with Crippen molar-refractivity contribution in [3.8, 4) is 5.75 Å².